The van der Waals surface area contributed by atoms with E-state index in [1.54, 1.807) is 0 Å². The summed E-state index contributed by atoms with van der Waals surface area (Å²) in [5.74, 6) is -0.708. The van der Waals surface area contributed by atoms with Crippen molar-refractivity contribution in [2.24, 2.45) is 11.8 Å². The van der Waals surface area contributed by atoms with E-state index >= 15 is 0 Å². The number of esters is 4. The Labute approximate surface area is 542 Å². The minimum Gasteiger partial charge on any atom is -0.462 e. The van der Waals surface area contributed by atoms with Gasteiger partial charge in [-0.2, -0.15) is 0 Å². The van der Waals surface area contributed by atoms with Gasteiger partial charge >= 0.3 is 39.5 Å². The first kappa shape index (κ1) is 86.5. The quantitative estimate of drug-likeness (QED) is 0.0169. The first-order valence-corrected chi connectivity index (χ1v) is 38.8. The van der Waals surface area contributed by atoms with Crippen LogP contribution in [0.2, 0.25) is 0 Å². The monoisotopic (exact) mass is 1310 g/mol. The largest absolute Gasteiger partial charge is 0.472 e. The van der Waals surface area contributed by atoms with E-state index in [0.717, 1.165) is 115 Å². The number of hydrogen-bond donors (Lipinski definition) is 3. The minimum absolute atomic E-state index is 0.0997. The fraction of sp³-hybridized carbons (Fsp3) is 0.886. The predicted molar refractivity (Wildman–Crippen MR) is 358 cm³/mol. The highest BCUT2D eigenvalue weighted by molar-refractivity contribution is 7.47. The highest BCUT2D eigenvalue weighted by Crippen LogP contribution is 2.45. The number of rotatable bonds is 67. The van der Waals surface area contributed by atoms with Gasteiger partial charge in [0.25, 0.3) is 0 Å². The molecule has 3 N–H and O–H groups in total. The van der Waals surface area contributed by atoms with Crippen LogP contribution in [0.5, 0.6) is 0 Å². The average molecular weight is 1310 g/mol. The maximum atomic E-state index is 13.0. The van der Waals surface area contributed by atoms with E-state index in [1.165, 1.54) is 128 Å². The molecule has 0 heterocycles. The third kappa shape index (κ3) is 64.1. The van der Waals surface area contributed by atoms with Crippen LogP contribution in [-0.2, 0) is 65.4 Å². The third-order valence-corrected chi connectivity index (χ3v) is 17.5. The van der Waals surface area contributed by atoms with Gasteiger partial charge in [-0.1, -0.05) is 278 Å². The molecule has 0 fully saturated rings. The topological polar surface area (TPSA) is 237 Å². The van der Waals surface area contributed by atoms with Crippen molar-refractivity contribution in [2.75, 3.05) is 39.6 Å². The Morgan fingerprint density at radius 1 is 0.348 bits per heavy atom. The molecule has 0 saturated heterocycles. The molecule has 0 amide bonds. The van der Waals surface area contributed by atoms with E-state index in [9.17, 15) is 43.2 Å². The molecule has 17 nitrogen and oxygen atoms in total. The third-order valence-electron chi connectivity index (χ3n) is 15.6. The first-order valence-electron chi connectivity index (χ1n) is 35.8. The van der Waals surface area contributed by atoms with Crippen LogP contribution in [-0.4, -0.2) is 96.7 Å². The van der Waals surface area contributed by atoms with Crippen LogP contribution in [0.25, 0.3) is 0 Å². The van der Waals surface area contributed by atoms with Crippen LogP contribution in [0.3, 0.4) is 0 Å². The van der Waals surface area contributed by atoms with Gasteiger partial charge in [0.2, 0.25) is 0 Å². The number of phosphoric acid groups is 2. The summed E-state index contributed by atoms with van der Waals surface area (Å²) >= 11 is 0. The Bertz CT molecular complexity index is 1830. The number of carbonyl (C=O) groups excluding carboxylic acids is 4. The van der Waals surface area contributed by atoms with Crippen LogP contribution in [0.1, 0.15) is 330 Å². The number of allylic oxidation sites excluding steroid dienone is 4. The Hall–Kier alpha value is -2.46. The normalized spacial score (nSPS) is 14.3. The van der Waals surface area contributed by atoms with Gasteiger partial charge in [-0.3, -0.25) is 37.3 Å². The summed E-state index contributed by atoms with van der Waals surface area (Å²) in [5, 5.41) is 10.6. The molecule has 0 aliphatic heterocycles. The Morgan fingerprint density at radius 3 is 0.921 bits per heavy atom. The molecule has 0 radical (unpaired) electrons. The lowest BCUT2D eigenvalue weighted by Crippen LogP contribution is -2.30. The molecule has 0 aliphatic carbocycles. The van der Waals surface area contributed by atoms with Crippen LogP contribution >= 0.6 is 15.6 Å². The smallest absolute Gasteiger partial charge is 0.462 e. The molecule has 0 spiro atoms. The maximum absolute atomic E-state index is 13.0. The fourth-order valence-corrected chi connectivity index (χ4v) is 11.6. The summed E-state index contributed by atoms with van der Waals surface area (Å²) in [4.78, 5) is 72.4. The van der Waals surface area contributed by atoms with Crippen molar-refractivity contribution >= 4 is 39.5 Å². The van der Waals surface area contributed by atoms with E-state index in [4.69, 9.17) is 37.0 Å². The first-order chi connectivity index (χ1) is 42.9. The number of aliphatic hydroxyl groups excluding tert-OH is 1. The molecule has 0 aromatic carbocycles. The molecule has 89 heavy (non-hydrogen) atoms. The van der Waals surface area contributed by atoms with E-state index in [1.807, 2.05) is 0 Å². The second-order valence-corrected chi connectivity index (χ2v) is 28.4. The summed E-state index contributed by atoms with van der Waals surface area (Å²) in [6.07, 6.45) is 49.6. The van der Waals surface area contributed by atoms with Gasteiger partial charge in [0.1, 0.15) is 19.3 Å². The molecule has 0 saturated carbocycles. The standard InChI is InChI=1S/C70H132O17P2/c1-7-9-11-13-15-17-18-19-20-23-26-30-34-41-47-53-68(73)81-58-65(86-69(74)54-48-42-35-31-27-24-21-22-25-29-32-38-44-50-62(3)4)60-84-88(76,77)82-56-64(71)57-83-89(78,79)85-61-66(87-70(75)55-49-43-37-36-39-45-51-63(5)6)59-80-67(72)52-46-40-33-28-16-14-12-10-8-2/h17-20,62-66,71H,7-16,21-61H2,1-6H3,(H,76,77)(H,78,79)/b18-17-,20-19-/t64-,65-,66-/m1/s1. The van der Waals surface area contributed by atoms with Crippen molar-refractivity contribution in [3.05, 3.63) is 24.3 Å². The maximum Gasteiger partial charge on any atom is 0.472 e. The van der Waals surface area contributed by atoms with Gasteiger partial charge in [0.05, 0.1) is 26.4 Å². The summed E-state index contributed by atoms with van der Waals surface area (Å²) in [6.45, 7) is 9.38. The molecular formula is C70H132O17P2. The molecule has 19 heteroatoms. The Kier molecular flexibility index (Phi) is 60.0. The number of hydrogen-bond acceptors (Lipinski definition) is 15. The molecule has 0 rings (SSSR count). The SMILES string of the molecule is CCCCCC/C=C\C=C/CCCCCCCC(=O)OC[C@H](COP(=O)(O)OC[C@@H](O)COP(=O)(O)OC[C@@H](COC(=O)CCCCCCCCCCC)OC(=O)CCCCCCCCC(C)C)OC(=O)CCCCCCCCCCCCCCCC(C)C. The Morgan fingerprint density at radius 2 is 0.607 bits per heavy atom. The summed E-state index contributed by atoms with van der Waals surface area (Å²) in [7, 11) is -9.91. The van der Waals surface area contributed by atoms with Gasteiger partial charge < -0.3 is 33.8 Å². The van der Waals surface area contributed by atoms with Gasteiger partial charge in [-0.15, -0.1) is 0 Å². The van der Waals surface area contributed by atoms with E-state index in [-0.39, 0.29) is 25.7 Å². The second kappa shape index (κ2) is 61.7. The molecule has 0 aromatic heterocycles. The fourth-order valence-electron chi connectivity index (χ4n) is 10.1. The number of unbranched alkanes of at least 4 members (excludes halogenated alkanes) is 34. The highest BCUT2D eigenvalue weighted by atomic mass is 31.2. The van der Waals surface area contributed by atoms with Gasteiger partial charge in [-0.25, -0.2) is 9.13 Å². The molecule has 0 aliphatic rings. The molecule has 0 aromatic rings. The van der Waals surface area contributed by atoms with Crippen molar-refractivity contribution < 1.29 is 80.2 Å². The van der Waals surface area contributed by atoms with Crippen molar-refractivity contribution in [1.29, 1.82) is 0 Å². The van der Waals surface area contributed by atoms with E-state index < -0.39 is 97.5 Å². The van der Waals surface area contributed by atoms with Gasteiger partial charge in [0, 0.05) is 25.7 Å². The van der Waals surface area contributed by atoms with Crippen LogP contribution in [0.15, 0.2) is 24.3 Å². The number of aliphatic hydroxyl groups is 1. The number of carbonyl (C=O) groups is 4. The summed E-state index contributed by atoms with van der Waals surface area (Å²) in [5.41, 5.74) is 0. The number of phosphoric ester groups is 2. The lowest BCUT2D eigenvalue weighted by atomic mass is 10.0. The zero-order valence-corrected chi connectivity index (χ0v) is 59.0. The van der Waals surface area contributed by atoms with Gasteiger partial charge in [-0.05, 0) is 63.2 Å². The molecule has 2 unspecified atom stereocenters. The molecular weight excluding hydrogens is 1170 g/mol. The molecule has 524 valence electrons. The number of ether oxygens (including phenoxy) is 4. The van der Waals surface area contributed by atoms with Gasteiger partial charge in [0.15, 0.2) is 12.2 Å². The molecule has 5 atom stereocenters. The zero-order chi connectivity index (χ0) is 65.7. The van der Waals surface area contributed by atoms with Crippen LogP contribution < -0.4 is 0 Å². The lowest BCUT2D eigenvalue weighted by Gasteiger charge is -2.21. The molecule has 0 bridgehead atoms. The lowest BCUT2D eigenvalue weighted by molar-refractivity contribution is -0.161. The minimum atomic E-state index is -4.96. The average Bonchev–Trinajstić information content (AvgIpc) is 3.71. The summed E-state index contributed by atoms with van der Waals surface area (Å²) < 4.78 is 68.1. The van der Waals surface area contributed by atoms with E-state index in [2.05, 4.69) is 65.8 Å². The van der Waals surface area contributed by atoms with Crippen LogP contribution in [0, 0.1) is 11.8 Å². The Balaban J connectivity index is 5.26. The van der Waals surface area contributed by atoms with Crippen molar-refractivity contribution in [3.8, 4) is 0 Å². The van der Waals surface area contributed by atoms with Crippen molar-refractivity contribution in [1.82, 2.24) is 0 Å². The predicted octanol–water partition coefficient (Wildman–Crippen LogP) is 19.5. The second-order valence-electron chi connectivity index (χ2n) is 25.5. The van der Waals surface area contributed by atoms with E-state index in [0.29, 0.717) is 31.6 Å². The van der Waals surface area contributed by atoms with Crippen molar-refractivity contribution in [2.45, 2.75) is 349 Å². The van der Waals surface area contributed by atoms with Crippen LogP contribution in [0.4, 0.5) is 0 Å². The highest BCUT2D eigenvalue weighted by Gasteiger charge is 2.30. The summed E-state index contributed by atoms with van der Waals surface area (Å²) in [6, 6.07) is 0. The van der Waals surface area contributed by atoms with Crippen molar-refractivity contribution in [3.63, 3.8) is 0 Å². The zero-order valence-electron chi connectivity index (χ0n) is 57.2.